The third kappa shape index (κ3) is 6.09. The Bertz CT molecular complexity index is 1760. The van der Waals surface area contributed by atoms with Gasteiger partial charge >= 0.3 is 6.18 Å². The van der Waals surface area contributed by atoms with Gasteiger partial charge in [0.1, 0.15) is 17.7 Å². The molecular weight excluding hydrogens is 626 g/mol. The number of aromatic nitrogens is 2. The molecule has 0 saturated heterocycles. The zero-order chi connectivity index (χ0) is 33.3. The normalized spacial score (nSPS) is 17.0. The summed E-state index contributed by atoms with van der Waals surface area (Å²) >= 11 is 6.42. The third-order valence-corrected chi connectivity index (χ3v) is 8.17. The number of fused-ring (bicyclic) bond motifs is 1. The Morgan fingerprint density at radius 2 is 1.70 bits per heavy atom. The molecule has 0 fully saturated rings. The van der Waals surface area contributed by atoms with Gasteiger partial charge in [-0.3, -0.25) is 19.3 Å². The van der Waals surface area contributed by atoms with Crippen LogP contribution in [0.2, 0.25) is 0 Å². The first-order chi connectivity index (χ1) is 21.9. The van der Waals surface area contributed by atoms with Crippen LogP contribution >= 0.6 is 11.6 Å². The van der Waals surface area contributed by atoms with Crippen molar-refractivity contribution >= 4 is 35.1 Å². The van der Waals surface area contributed by atoms with Crippen LogP contribution in [0.15, 0.2) is 78.9 Å². The van der Waals surface area contributed by atoms with Crippen molar-refractivity contribution in [2.24, 2.45) is 0 Å². The minimum atomic E-state index is -4.70. The Balaban J connectivity index is 1.77. The zero-order valence-electron chi connectivity index (χ0n) is 25.1. The summed E-state index contributed by atoms with van der Waals surface area (Å²) in [4.78, 5) is 44.2. The number of anilines is 1. The summed E-state index contributed by atoms with van der Waals surface area (Å²) in [5, 5.41) is 7.51. The fraction of sp³-hybridized carbons (Fsp3) is 0.273. The van der Waals surface area contributed by atoms with Crippen molar-refractivity contribution in [2.45, 2.75) is 31.0 Å². The first-order valence-corrected chi connectivity index (χ1v) is 14.9. The number of amides is 3. The van der Waals surface area contributed by atoms with Crippen molar-refractivity contribution in [3.63, 3.8) is 0 Å². The summed E-state index contributed by atoms with van der Waals surface area (Å²) in [6.07, 6.45) is -4.70. The average molecular weight is 656 g/mol. The maximum absolute atomic E-state index is 14.4. The number of carbonyl (C=O) groups is 3. The number of likely N-dealkylation sites (N-methyl/N-ethyl adjacent to an activating group) is 2. The second-order valence-corrected chi connectivity index (χ2v) is 11.3. The van der Waals surface area contributed by atoms with E-state index in [2.05, 4.69) is 5.32 Å². The summed E-state index contributed by atoms with van der Waals surface area (Å²) < 4.78 is 56.1. The van der Waals surface area contributed by atoms with Crippen molar-refractivity contribution in [1.29, 1.82) is 0 Å². The third-order valence-electron chi connectivity index (χ3n) is 7.87. The van der Waals surface area contributed by atoms with Crippen molar-refractivity contribution in [3.05, 3.63) is 113 Å². The summed E-state index contributed by atoms with van der Waals surface area (Å²) in [5.41, 5.74) is 0.280. The molecule has 0 bridgehead atoms. The molecule has 3 atom stereocenters. The van der Waals surface area contributed by atoms with E-state index in [1.165, 1.54) is 44.8 Å². The maximum atomic E-state index is 14.4. The van der Waals surface area contributed by atoms with Crippen LogP contribution in [0.5, 0.6) is 0 Å². The molecular formula is C33H30ClF4N5O3. The van der Waals surface area contributed by atoms with Crippen molar-refractivity contribution in [1.82, 2.24) is 20.0 Å². The van der Waals surface area contributed by atoms with E-state index in [1.807, 2.05) is 0 Å². The van der Waals surface area contributed by atoms with Gasteiger partial charge in [-0.05, 0) is 55.0 Å². The van der Waals surface area contributed by atoms with Gasteiger partial charge in [-0.25, -0.2) is 9.07 Å². The quantitative estimate of drug-likeness (QED) is 0.194. The number of para-hydroxylation sites is 1. The lowest BCUT2D eigenvalue weighted by Gasteiger charge is -2.39. The van der Waals surface area contributed by atoms with E-state index in [4.69, 9.17) is 16.7 Å². The number of nitrogens with one attached hydrogen (secondary N) is 1. The van der Waals surface area contributed by atoms with Gasteiger partial charge in [0.2, 0.25) is 5.91 Å². The Morgan fingerprint density at radius 1 is 1.02 bits per heavy atom. The smallest absolute Gasteiger partial charge is 0.348 e. The van der Waals surface area contributed by atoms with Gasteiger partial charge in [-0.15, -0.1) is 11.6 Å². The highest BCUT2D eigenvalue weighted by molar-refractivity contribution is 6.20. The molecule has 46 heavy (non-hydrogen) atoms. The Hall–Kier alpha value is -4.71. The molecule has 8 nitrogen and oxygen atoms in total. The molecule has 0 aliphatic carbocycles. The van der Waals surface area contributed by atoms with Gasteiger partial charge < -0.3 is 10.2 Å². The standard InChI is InChI=1S/C33H30ClF4N5O3/c1-4-42-30-26(27(24(18-34)31(45)41(2)3)40-43(30)23-11-6-5-7-12-23)25(19-13-15-22(35)16-14-19)28(32(42)46)39-29(44)20-9-8-10-21(17-20)33(36,37)38/h5-17,24-25,28H,4,18H2,1-3H3,(H,39,44)/t24-,25-,28-/m1/s1. The van der Waals surface area contributed by atoms with Gasteiger partial charge in [-0.2, -0.15) is 18.3 Å². The Kier molecular flexibility index (Phi) is 9.20. The van der Waals surface area contributed by atoms with E-state index in [1.54, 1.807) is 51.4 Å². The van der Waals surface area contributed by atoms with E-state index in [-0.39, 0.29) is 29.6 Å². The fourth-order valence-electron chi connectivity index (χ4n) is 5.69. The summed E-state index contributed by atoms with van der Waals surface area (Å²) in [7, 11) is 3.14. The number of nitrogens with zero attached hydrogens (tertiary/aromatic N) is 4. The number of halogens is 5. The molecule has 0 unspecified atom stereocenters. The SMILES string of the molecule is CCN1C(=O)[C@H](NC(=O)c2cccc(C(F)(F)F)c2)[C@H](c2ccc(F)cc2)c2c([C@@H](CCl)C(=O)N(C)C)nn(-c3ccccc3)c21. The lowest BCUT2D eigenvalue weighted by Crippen LogP contribution is -2.55. The Morgan fingerprint density at radius 3 is 2.28 bits per heavy atom. The Labute approximate surface area is 267 Å². The number of benzene rings is 3. The molecule has 2 heterocycles. The van der Waals surface area contributed by atoms with Crippen LogP contribution in [0.1, 0.15) is 51.5 Å². The first kappa shape index (κ1) is 32.7. The molecule has 0 radical (unpaired) electrons. The lowest BCUT2D eigenvalue weighted by molar-refractivity contribution is -0.137. The number of carbonyl (C=O) groups excluding carboxylic acids is 3. The highest BCUT2D eigenvalue weighted by Gasteiger charge is 2.48. The number of alkyl halides is 4. The van der Waals surface area contributed by atoms with Crippen LogP contribution in [0.3, 0.4) is 0 Å². The highest BCUT2D eigenvalue weighted by atomic mass is 35.5. The van der Waals surface area contributed by atoms with Gasteiger partial charge in [0.25, 0.3) is 11.8 Å². The van der Waals surface area contributed by atoms with Crippen LogP contribution in [-0.4, -0.2) is 65.0 Å². The summed E-state index contributed by atoms with van der Waals surface area (Å²) in [6.45, 7) is 1.83. The first-order valence-electron chi connectivity index (χ1n) is 14.4. The highest BCUT2D eigenvalue weighted by Crippen LogP contribution is 2.46. The second kappa shape index (κ2) is 13.0. The van der Waals surface area contributed by atoms with Crippen LogP contribution in [0.25, 0.3) is 5.69 Å². The van der Waals surface area contributed by atoms with Crippen molar-refractivity contribution in [2.75, 3.05) is 31.4 Å². The largest absolute Gasteiger partial charge is 0.416 e. The predicted octanol–water partition coefficient (Wildman–Crippen LogP) is 5.74. The molecule has 3 aromatic carbocycles. The molecule has 0 spiro atoms. The van der Waals surface area contributed by atoms with E-state index in [0.29, 0.717) is 28.7 Å². The molecule has 240 valence electrons. The molecule has 1 aliphatic rings. The minimum Gasteiger partial charge on any atom is -0.348 e. The average Bonchev–Trinajstić information content (AvgIpc) is 3.42. The van der Waals surface area contributed by atoms with Crippen LogP contribution < -0.4 is 10.2 Å². The molecule has 4 aromatic rings. The second-order valence-electron chi connectivity index (χ2n) is 11.0. The topological polar surface area (TPSA) is 87.5 Å². The van der Waals surface area contributed by atoms with E-state index in [0.717, 1.165) is 12.1 Å². The molecule has 13 heteroatoms. The van der Waals surface area contributed by atoms with Crippen LogP contribution in [0.4, 0.5) is 23.4 Å². The maximum Gasteiger partial charge on any atom is 0.416 e. The molecule has 3 amide bonds. The monoisotopic (exact) mass is 655 g/mol. The van der Waals surface area contributed by atoms with Crippen molar-refractivity contribution in [3.8, 4) is 5.69 Å². The van der Waals surface area contributed by atoms with Crippen molar-refractivity contribution < 1.29 is 31.9 Å². The molecule has 5 rings (SSSR count). The summed E-state index contributed by atoms with van der Waals surface area (Å²) in [5.74, 6) is -4.27. The molecule has 1 N–H and O–H groups in total. The lowest BCUT2D eigenvalue weighted by atomic mass is 9.79. The zero-order valence-corrected chi connectivity index (χ0v) is 25.8. The van der Waals surface area contributed by atoms with Crippen LogP contribution in [0, 0.1) is 5.82 Å². The van der Waals surface area contributed by atoms with E-state index < -0.39 is 47.2 Å². The number of rotatable bonds is 8. The van der Waals surface area contributed by atoms with E-state index in [9.17, 15) is 31.9 Å². The van der Waals surface area contributed by atoms with Gasteiger partial charge in [-0.1, -0.05) is 36.4 Å². The van der Waals surface area contributed by atoms with Gasteiger partial charge in [0.15, 0.2) is 0 Å². The number of hydrogen-bond donors (Lipinski definition) is 1. The minimum absolute atomic E-state index is 0.114. The van der Waals surface area contributed by atoms with E-state index >= 15 is 0 Å². The van der Waals surface area contributed by atoms with Gasteiger partial charge in [0.05, 0.1) is 22.9 Å². The predicted molar refractivity (Wildman–Crippen MR) is 165 cm³/mol. The molecule has 1 aliphatic heterocycles. The summed E-state index contributed by atoms with van der Waals surface area (Å²) in [6, 6.07) is 16.7. The van der Waals surface area contributed by atoms with Gasteiger partial charge in [0, 0.05) is 43.6 Å². The fourth-order valence-corrected chi connectivity index (χ4v) is 5.97. The number of hydrogen-bond acceptors (Lipinski definition) is 4. The molecule has 1 aromatic heterocycles. The molecule has 0 saturated carbocycles. The van der Waals surface area contributed by atoms with Crippen LogP contribution in [-0.2, 0) is 15.8 Å².